The standard InChI is InChI=1S/C13H17NOS/c1-12(2,3)11-14-9-5-7-13(4,15)8-6-10(9)16-11/h5-8,15H,1-4H3. The lowest BCUT2D eigenvalue weighted by molar-refractivity contribution is 0.166. The number of aliphatic hydroxyl groups is 1. The van der Waals surface area contributed by atoms with Crippen molar-refractivity contribution in [3.8, 4) is 0 Å². The van der Waals surface area contributed by atoms with E-state index in [1.54, 1.807) is 30.4 Å². The van der Waals surface area contributed by atoms with E-state index >= 15 is 0 Å². The Bertz CT molecular complexity index is 427. The molecule has 86 valence electrons. The summed E-state index contributed by atoms with van der Waals surface area (Å²) >= 11 is 1.70. The Hall–Kier alpha value is -0.930. The number of rotatable bonds is 0. The highest BCUT2D eigenvalue weighted by atomic mass is 32.1. The van der Waals surface area contributed by atoms with E-state index in [2.05, 4.69) is 25.8 Å². The summed E-state index contributed by atoms with van der Waals surface area (Å²) in [5.74, 6) is 0. The maximum absolute atomic E-state index is 9.88. The van der Waals surface area contributed by atoms with E-state index in [4.69, 9.17) is 0 Å². The molecule has 1 N–H and O–H groups in total. The summed E-state index contributed by atoms with van der Waals surface area (Å²) in [5, 5.41) is 11.0. The van der Waals surface area contributed by atoms with E-state index in [0.717, 1.165) is 15.6 Å². The molecule has 0 radical (unpaired) electrons. The molecule has 1 aliphatic rings. The van der Waals surface area contributed by atoms with Gasteiger partial charge in [0.1, 0.15) is 0 Å². The summed E-state index contributed by atoms with van der Waals surface area (Å²) in [4.78, 5) is 5.74. The average Bonchev–Trinajstić information content (AvgIpc) is 2.49. The van der Waals surface area contributed by atoms with Gasteiger partial charge in [-0.15, -0.1) is 11.3 Å². The van der Waals surface area contributed by atoms with Crippen molar-refractivity contribution in [1.82, 2.24) is 4.98 Å². The molecule has 0 bridgehead atoms. The van der Waals surface area contributed by atoms with Crippen LogP contribution in [0.4, 0.5) is 0 Å². The number of nitrogens with zero attached hydrogens (tertiary/aromatic N) is 1. The molecule has 1 unspecified atom stereocenters. The first kappa shape index (κ1) is 11.6. The maximum Gasteiger partial charge on any atom is 0.0992 e. The molecule has 1 aromatic rings. The summed E-state index contributed by atoms with van der Waals surface area (Å²) in [5.41, 5.74) is 0.188. The first-order valence-electron chi connectivity index (χ1n) is 5.40. The van der Waals surface area contributed by atoms with Gasteiger partial charge in [0, 0.05) is 5.41 Å². The molecule has 0 saturated heterocycles. The first-order chi connectivity index (χ1) is 7.28. The molecule has 0 aliphatic heterocycles. The van der Waals surface area contributed by atoms with Crippen LogP contribution in [-0.2, 0) is 5.41 Å². The SMILES string of the molecule is CC1(O)C=Cc2nc(C(C)(C)C)sc2C=C1. The Labute approximate surface area is 100 Å². The summed E-state index contributed by atoms with van der Waals surface area (Å²) in [6.45, 7) is 8.25. The number of thiazole rings is 1. The molecule has 0 aromatic carbocycles. The van der Waals surface area contributed by atoms with Gasteiger partial charge in [-0.05, 0) is 31.2 Å². The van der Waals surface area contributed by atoms with Crippen LogP contribution in [0.15, 0.2) is 12.2 Å². The molecule has 0 fully saturated rings. The second-order valence-electron chi connectivity index (χ2n) is 5.41. The van der Waals surface area contributed by atoms with Crippen molar-refractivity contribution in [2.45, 2.75) is 38.7 Å². The number of aromatic nitrogens is 1. The Morgan fingerprint density at radius 2 is 1.88 bits per heavy atom. The largest absolute Gasteiger partial charge is 0.382 e. The van der Waals surface area contributed by atoms with Gasteiger partial charge in [0.15, 0.2) is 0 Å². The van der Waals surface area contributed by atoms with Crippen molar-refractivity contribution in [2.24, 2.45) is 0 Å². The van der Waals surface area contributed by atoms with E-state index in [0.29, 0.717) is 0 Å². The topological polar surface area (TPSA) is 33.1 Å². The van der Waals surface area contributed by atoms with Crippen molar-refractivity contribution >= 4 is 23.5 Å². The first-order valence-corrected chi connectivity index (χ1v) is 6.22. The van der Waals surface area contributed by atoms with Crippen molar-refractivity contribution in [1.29, 1.82) is 0 Å². The monoisotopic (exact) mass is 235 g/mol. The van der Waals surface area contributed by atoms with Crippen LogP contribution in [-0.4, -0.2) is 15.7 Å². The summed E-state index contributed by atoms with van der Waals surface area (Å²) < 4.78 is 0. The van der Waals surface area contributed by atoms with Crippen molar-refractivity contribution < 1.29 is 5.11 Å². The number of hydrogen-bond donors (Lipinski definition) is 1. The zero-order valence-electron chi connectivity index (χ0n) is 10.1. The molecule has 2 nitrogen and oxygen atoms in total. The third kappa shape index (κ3) is 2.25. The predicted octanol–water partition coefficient (Wildman–Crippen LogP) is 3.23. The van der Waals surface area contributed by atoms with E-state index in [1.807, 2.05) is 12.2 Å². The predicted molar refractivity (Wildman–Crippen MR) is 69.5 cm³/mol. The smallest absolute Gasteiger partial charge is 0.0992 e. The van der Waals surface area contributed by atoms with Gasteiger partial charge in [0.05, 0.1) is 21.2 Å². The quantitative estimate of drug-likeness (QED) is 0.749. The van der Waals surface area contributed by atoms with E-state index in [9.17, 15) is 5.11 Å². The second-order valence-corrected chi connectivity index (χ2v) is 6.44. The minimum atomic E-state index is -0.859. The van der Waals surface area contributed by atoms with Crippen LogP contribution in [0.5, 0.6) is 0 Å². The molecule has 16 heavy (non-hydrogen) atoms. The van der Waals surface area contributed by atoms with E-state index < -0.39 is 5.60 Å². The molecule has 0 saturated carbocycles. The lowest BCUT2D eigenvalue weighted by Crippen LogP contribution is -2.15. The number of fused-ring (bicyclic) bond motifs is 1. The Balaban J connectivity index is 2.45. The highest BCUT2D eigenvalue weighted by Gasteiger charge is 2.22. The molecule has 0 spiro atoms. The maximum atomic E-state index is 9.88. The van der Waals surface area contributed by atoms with Crippen LogP contribution in [0.2, 0.25) is 0 Å². The van der Waals surface area contributed by atoms with Crippen molar-refractivity contribution in [3.63, 3.8) is 0 Å². The lowest BCUT2D eigenvalue weighted by atomic mass is 9.98. The van der Waals surface area contributed by atoms with Crippen molar-refractivity contribution in [3.05, 3.63) is 27.7 Å². The molecule has 0 amide bonds. The average molecular weight is 235 g/mol. The van der Waals surface area contributed by atoms with Gasteiger partial charge in [-0.1, -0.05) is 20.8 Å². The van der Waals surface area contributed by atoms with Crippen LogP contribution in [0, 0.1) is 0 Å². The third-order valence-corrected chi connectivity index (χ3v) is 3.94. The van der Waals surface area contributed by atoms with Crippen LogP contribution < -0.4 is 0 Å². The van der Waals surface area contributed by atoms with E-state index in [1.165, 1.54) is 0 Å². The Morgan fingerprint density at radius 1 is 1.25 bits per heavy atom. The highest BCUT2D eigenvalue weighted by Crippen LogP contribution is 2.32. The fourth-order valence-corrected chi connectivity index (χ4v) is 2.46. The Kier molecular flexibility index (Phi) is 2.55. The molecule has 2 rings (SSSR count). The number of hydrogen-bond acceptors (Lipinski definition) is 3. The van der Waals surface area contributed by atoms with Gasteiger partial charge in [-0.3, -0.25) is 0 Å². The molecule has 1 aliphatic carbocycles. The van der Waals surface area contributed by atoms with Gasteiger partial charge < -0.3 is 5.11 Å². The third-order valence-electron chi connectivity index (χ3n) is 2.47. The van der Waals surface area contributed by atoms with Crippen molar-refractivity contribution in [2.75, 3.05) is 0 Å². The van der Waals surface area contributed by atoms with Crippen LogP contribution in [0.25, 0.3) is 12.2 Å². The fourth-order valence-electron chi connectivity index (χ4n) is 1.45. The van der Waals surface area contributed by atoms with E-state index in [-0.39, 0.29) is 5.41 Å². The lowest BCUT2D eigenvalue weighted by Gasteiger charge is -2.14. The van der Waals surface area contributed by atoms with Gasteiger partial charge in [-0.25, -0.2) is 4.98 Å². The minimum Gasteiger partial charge on any atom is -0.382 e. The zero-order valence-corrected chi connectivity index (χ0v) is 10.9. The molecule has 1 heterocycles. The summed E-state index contributed by atoms with van der Waals surface area (Å²) in [7, 11) is 0. The summed E-state index contributed by atoms with van der Waals surface area (Å²) in [6.07, 6.45) is 7.45. The van der Waals surface area contributed by atoms with Crippen LogP contribution >= 0.6 is 11.3 Å². The van der Waals surface area contributed by atoms with Gasteiger partial charge in [0.2, 0.25) is 0 Å². The van der Waals surface area contributed by atoms with Gasteiger partial charge >= 0.3 is 0 Å². The van der Waals surface area contributed by atoms with Gasteiger partial charge in [-0.2, -0.15) is 0 Å². The van der Waals surface area contributed by atoms with Crippen LogP contribution in [0.3, 0.4) is 0 Å². The molecule has 1 atom stereocenters. The molecular weight excluding hydrogens is 218 g/mol. The van der Waals surface area contributed by atoms with Crippen LogP contribution in [0.1, 0.15) is 43.3 Å². The normalized spacial score (nSPS) is 24.3. The highest BCUT2D eigenvalue weighted by molar-refractivity contribution is 7.12. The second kappa shape index (κ2) is 3.54. The minimum absolute atomic E-state index is 0.0844. The molecule has 1 aromatic heterocycles. The van der Waals surface area contributed by atoms with Gasteiger partial charge in [0.25, 0.3) is 0 Å². The molecular formula is C13H17NOS. The zero-order chi connectivity index (χ0) is 12.0. The fraction of sp³-hybridized carbons (Fsp3) is 0.462. The summed E-state index contributed by atoms with van der Waals surface area (Å²) in [6, 6.07) is 0. The molecule has 3 heteroatoms. The Morgan fingerprint density at radius 3 is 2.50 bits per heavy atom.